The van der Waals surface area contributed by atoms with Crippen molar-refractivity contribution < 1.29 is 19.4 Å². The van der Waals surface area contributed by atoms with Gasteiger partial charge in [0.2, 0.25) is 5.91 Å². The minimum absolute atomic E-state index is 0.0793. The van der Waals surface area contributed by atoms with Crippen LogP contribution in [-0.4, -0.2) is 36.7 Å². The molecule has 1 saturated carbocycles. The first-order valence-electron chi connectivity index (χ1n) is 5.58. The summed E-state index contributed by atoms with van der Waals surface area (Å²) in [4.78, 5) is 22.6. The van der Waals surface area contributed by atoms with Gasteiger partial charge in [-0.3, -0.25) is 4.79 Å². The van der Waals surface area contributed by atoms with E-state index < -0.39 is 12.0 Å². The zero-order chi connectivity index (χ0) is 12.1. The number of carboxylic acid groups (broad SMARTS) is 1. The van der Waals surface area contributed by atoms with Crippen molar-refractivity contribution in [2.24, 2.45) is 11.8 Å². The van der Waals surface area contributed by atoms with Crippen molar-refractivity contribution in [3.05, 3.63) is 0 Å². The maximum absolute atomic E-state index is 11.7. The van der Waals surface area contributed by atoms with Crippen LogP contribution in [0, 0.1) is 11.8 Å². The zero-order valence-electron chi connectivity index (χ0n) is 9.73. The molecule has 0 bridgehead atoms. The third kappa shape index (κ3) is 3.81. The molecule has 92 valence electrons. The lowest BCUT2D eigenvalue weighted by Crippen LogP contribution is -2.44. The second-order valence-corrected chi connectivity index (χ2v) is 4.31. The average Bonchev–Trinajstić information content (AvgIpc) is 3.05. The molecule has 0 aromatic heterocycles. The number of ether oxygens (including phenoxy) is 1. The quantitative estimate of drug-likeness (QED) is 0.671. The van der Waals surface area contributed by atoms with E-state index in [4.69, 9.17) is 9.84 Å². The van der Waals surface area contributed by atoms with Gasteiger partial charge in [0.05, 0.1) is 0 Å². The topological polar surface area (TPSA) is 75.6 Å². The van der Waals surface area contributed by atoms with Crippen LogP contribution >= 0.6 is 0 Å². The van der Waals surface area contributed by atoms with Gasteiger partial charge in [-0.2, -0.15) is 0 Å². The fraction of sp³-hybridized carbons (Fsp3) is 0.818. The molecule has 0 saturated heterocycles. The number of amides is 1. The number of carbonyl (C=O) groups is 2. The first-order valence-corrected chi connectivity index (χ1v) is 5.58. The third-order valence-corrected chi connectivity index (χ3v) is 2.97. The standard InChI is InChI=1S/C11H19NO4/c1-7(8-3-4-8)10(13)12-9(11(14)15)5-6-16-2/h7-9H,3-6H2,1-2H3,(H,12,13)(H,14,15). The second kappa shape index (κ2) is 5.84. The largest absolute Gasteiger partial charge is 0.480 e. The molecule has 2 atom stereocenters. The number of nitrogens with one attached hydrogen (secondary N) is 1. The number of aliphatic carboxylic acids is 1. The molecule has 16 heavy (non-hydrogen) atoms. The van der Waals surface area contributed by atoms with Crippen LogP contribution in [0.15, 0.2) is 0 Å². The fourth-order valence-electron chi connectivity index (χ4n) is 1.61. The molecule has 0 radical (unpaired) electrons. The Kier molecular flexibility index (Phi) is 4.73. The van der Waals surface area contributed by atoms with Crippen LogP contribution in [0.3, 0.4) is 0 Å². The molecule has 5 nitrogen and oxygen atoms in total. The highest BCUT2D eigenvalue weighted by atomic mass is 16.5. The van der Waals surface area contributed by atoms with Crippen molar-refractivity contribution in [3.8, 4) is 0 Å². The Hall–Kier alpha value is -1.10. The lowest BCUT2D eigenvalue weighted by atomic mass is 10.0. The highest BCUT2D eigenvalue weighted by molar-refractivity contribution is 5.85. The first kappa shape index (κ1) is 13.0. The van der Waals surface area contributed by atoms with E-state index >= 15 is 0 Å². The summed E-state index contributed by atoms with van der Waals surface area (Å²) in [5, 5.41) is 11.5. The van der Waals surface area contributed by atoms with E-state index in [-0.39, 0.29) is 11.8 Å². The monoisotopic (exact) mass is 229 g/mol. The van der Waals surface area contributed by atoms with E-state index in [2.05, 4.69) is 5.32 Å². The zero-order valence-corrected chi connectivity index (χ0v) is 9.73. The van der Waals surface area contributed by atoms with Gasteiger partial charge >= 0.3 is 5.97 Å². The summed E-state index contributed by atoms with van der Waals surface area (Å²) in [5.41, 5.74) is 0. The molecular weight excluding hydrogens is 210 g/mol. The highest BCUT2D eigenvalue weighted by Gasteiger charge is 2.34. The lowest BCUT2D eigenvalue weighted by molar-refractivity contribution is -0.143. The molecule has 0 spiro atoms. The molecule has 0 aliphatic heterocycles. The molecule has 1 fully saturated rings. The summed E-state index contributed by atoms with van der Waals surface area (Å²) in [6, 6.07) is -0.839. The van der Waals surface area contributed by atoms with Crippen LogP contribution in [-0.2, 0) is 14.3 Å². The summed E-state index contributed by atoms with van der Waals surface area (Å²) in [6.07, 6.45) is 2.45. The van der Waals surface area contributed by atoms with Crippen LogP contribution < -0.4 is 5.32 Å². The summed E-state index contributed by atoms with van der Waals surface area (Å²) < 4.78 is 4.81. The SMILES string of the molecule is COCCC(NC(=O)C(C)C1CC1)C(=O)O. The Morgan fingerprint density at radius 1 is 1.50 bits per heavy atom. The van der Waals surface area contributed by atoms with E-state index in [0.717, 1.165) is 12.8 Å². The Labute approximate surface area is 95.2 Å². The first-order chi connectivity index (χ1) is 7.56. The third-order valence-electron chi connectivity index (χ3n) is 2.97. The van der Waals surface area contributed by atoms with Gasteiger partial charge in [0.1, 0.15) is 6.04 Å². The summed E-state index contributed by atoms with van der Waals surface area (Å²) >= 11 is 0. The minimum atomic E-state index is -1.01. The van der Waals surface area contributed by atoms with Crippen molar-refractivity contribution in [2.75, 3.05) is 13.7 Å². The van der Waals surface area contributed by atoms with Gasteiger partial charge < -0.3 is 15.2 Å². The molecule has 0 aromatic carbocycles. The van der Waals surface area contributed by atoms with Gasteiger partial charge in [-0.25, -0.2) is 4.79 Å². The van der Waals surface area contributed by atoms with Crippen LogP contribution in [0.4, 0.5) is 0 Å². The van der Waals surface area contributed by atoms with Crippen LogP contribution in [0.25, 0.3) is 0 Å². The molecular formula is C11H19NO4. The van der Waals surface area contributed by atoms with Gasteiger partial charge in [-0.15, -0.1) is 0 Å². The highest BCUT2D eigenvalue weighted by Crippen LogP contribution is 2.36. The lowest BCUT2D eigenvalue weighted by Gasteiger charge is -2.17. The summed E-state index contributed by atoms with van der Waals surface area (Å²) in [5.74, 6) is -0.805. The number of carbonyl (C=O) groups excluding carboxylic acids is 1. The Bertz CT molecular complexity index is 263. The molecule has 1 rings (SSSR count). The van der Waals surface area contributed by atoms with Gasteiger partial charge in [-0.05, 0) is 18.8 Å². The number of hydrogen-bond acceptors (Lipinski definition) is 3. The molecule has 2 N–H and O–H groups in total. The predicted molar refractivity (Wildman–Crippen MR) is 57.9 cm³/mol. The van der Waals surface area contributed by atoms with Crippen LogP contribution in [0.5, 0.6) is 0 Å². The maximum atomic E-state index is 11.7. The maximum Gasteiger partial charge on any atom is 0.326 e. The molecule has 2 unspecified atom stereocenters. The number of carboxylic acids is 1. The van der Waals surface area contributed by atoms with E-state index in [0.29, 0.717) is 18.9 Å². The van der Waals surface area contributed by atoms with E-state index in [1.807, 2.05) is 6.92 Å². The van der Waals surface area contributed by atoms with Crippen molar-refractivity contribution in [1.29, 1.82) is 0 Å². The van der Waals surface area contributed by atoms with Gasteiger partial charge in [0.15, 0.2) is 0 Å². The fourth-order valence-corrected chi connectivity index (χ4v) is 1.61. The summed E-state index contributed by atoms with van der Waals surface area (Å²) in [6.45, 7) is 2.18. The Morgan fingerprint density at radius 2 is 2.12 bits per heavy atom. The van der Waals surface area contributed by atoms with Crippen molar-refractivity contribution in [2.45, 2.75) is 32.2 Å². The molecule has 1 aliphatic rings. The van der Waals surface area contributed by atoms with Crippen LogP contribution in [0.2, 0.25) is 0 Å². The molecule has 0 aromatic rings. The molecule has 5 heteroatoms. The second-order valence-electron chi connectivity index (χ2n) is 4.31. The van der Waals surface area contributed by atoms with Gasteiger partial charge in [-0.1, -0.05) is 6.92 Å². The van der Waals surface area contributed by atoms with Crippen molar-refractivity contribution in [3.63, 3.8) is 0 Å². The summed E-state index contributed by atoms with van der Waals surface area (Å²) in [7, 11) is 1.51. The van der Waals surface area contributed by atoms with Gasteiger partial charge in [0.25, 0.3) is 0 Å². The van der Waals surface area contributed by atoms with Gasteiger partial charge in [0, 0.05) is 26.1 Å². The number of hydrogen-bond donors (Lipinski definition) is 2. The smallest absolute Gasteiger partial charge is 0.326 e. The van der Waals surface area contributed by atoms with Crippen LogP contribution in [0.1, 0.15) is 26.2 Å². The Balaban J connectivity index is 2.40. The normalized spacial score (nSPS) is 18.9. The van der Waals surface area contributed by atoms with E-state index in [1.54, 1.807) is 0 Å². The molecule has 1 amide bonds. The van der Waals surface area contributed by atoms with Crippen molar-refractivity contribution in [1.82, 2.24) is 5.32 Å². The predicted octanol–water partition coefficient (Wildman–Crippen LogP) is 0.638. The molecule has 0 heterocycles. The Morgan fingerprint density at radius 3 is 2.56 bits per heavy atom. The minimum Gasteiger partial charge on any atom is -0.480 e. The average molecular weight is 229 g/mol. The number of methoxy groups -OCH3 is 1. The van der Waals surface area contributed by atoms with E-state index in [1.165, 1.54) is 7.11 Å². The number of rotatable bonds is 7. The molecule has 1 aliphatic carbocycles. The van der Waals surface area contributed by atoms with Crippen molar-refractivity contribution >= 4 is 11.9 Å². The van der Waals surface area contributed by atoms with E-state index in [9.17, 15) is 9.59 Å².